The molecule has 4 nitrogen and oxygen atoms in total. The summed E-state index contributed by atoms with van der Waals surface area (Å²) in [6, 6.07) is 22.5. The van der Waals surface area contributed by atoms with Crippen LogP contribution in [0, 0.1) is 13.8 Å². The summed E-state index contributed by atoms with van der Waals surface area (Å²) in [4.78, 5) is 22.7. The number of fused-ring (bicyclic) bond motifs is 7. The van der Waals surface area contributed by atoms with E-state index in [0.29, 0.717) is 5.75 Å². The Morgan fingerprint density at radius 2 is 1.52 bits per heavy atom. The molecule has 1 aliphatic rings. The van der Waals surface area contributed by atoms with E-state index in [0.717, 1.165) is 49.5 Å². The molecule has 1 aliphatic heterocycles. The standard InChI is InChI=1S/C27H20N2O2/c1-15-7-10-17(11-8-15)20-14-23(30)31-27-19-6-4-3-5-18(19)25-26(24(20)27)28-21-12-9-16(2)13-22(21)29-25/h3-13,20H,14H2,1-2H3. The molecule has 6 rings (SSSR count). The number of carbonyl (C=O) groups excluding carboxylic acids is 1. The second-order valence-electron chi connectivity index (χ2n) is 8.34. The number of carbonyl (C=O) groups is 1. The van der Waals surface area contributed by atoms with E-state index >= 15 is 0 Å². The van der Waals surface area contributed by atoms with Crippen LogP contribution in [0.25, 0.3) is 32.8 Å². The summed E-state index contributed by atoms with van der Waals surface area (Å²) in [6.45, 7) is 4.12. The van der Waals surface area contributed by atoms with Crippen molar-refractivity contribution in [3.8, 4) is 5.75 Å². The zero-order chi connectivity index (χ0) is 21.1. The van der Waals surface area contributed by atoms with Gasteiger partial charge in [0.15, 0.2) is 0 Å². The fourth-order valence-corrected chi connectivity index (χ4v) is 4.62. The summed E-state index contributed by atoms with van der Waals surface area (Å²) >= 11 is 0. The smallest absolute Gasteiger partial charge is 0.312 e. The highest BCUT2D eigenvalue weighted by Gasteiger charge is 2.33. The third-order valence-electron chi connectivity index (χ3n) is 6.16. The minimum atomic E-state index is -0.216. The maximum atomic E-state index is 12.6. The van der Waals surface area contributed by atoms with Crippen LogP contribution < -0.4 is 4.74 Å². The van der Waals surface area contributed by atoms with Crippen molar-refractivity contribution in [2.24, 2.45) is 0 Å². The molecule has 2 heterocycles. The molecule has 0 fully saturated rings. The number of nitrogens with zero attached hydrogens (tertiary/aromatic N) is 2. The van der Waals surface area contributed by atoms with Gasteiger partial charge in [-0.1, -0.05) is 60.2 Å². The Morgan fingerprint density at radius 1 is 0.806 bits per heavy atom. The number of hydrogen-bond donors (Lipinski definition) is 0. The van der Waals surface area contributed by atoms with E-state index in [9.17, 15) is 4.79 Å². The van der Waals surface area contributed by atoms with Gasteiger partial charge in [0.2, 0.25) is 0 Å². The molecule has 0 N–H and O–H groups in total. The molecule has 0 radical (unpaired) electrons. The van der Waals surface area contributed by atoms with Crippen LogP contribution in [0.1, 0.15) is 34.6 Å². The predicted octanol–water partition coefficient (Wildman–Crippen LogP) is 5.99. The maximum absolute atomic E-state index is 12.6. The van der Waals surface area contributed by atoms with Crippen molar-refractivity contribution in [3.05, 3.63) is 89.0 Å². The molecule has 4 aromatic carbocycles. The van der Waals surface area contributed by atoms with Crippen LogP contribution in [0.3, 0.4) is 0 Å². The summed E-state index contributed by atoms with van der Waals surface area (Å²) in [6.07, 6.45) is 0.289. The van der Waals surface area contributed by atoms with Gasteiger partial charge in [-0.15, -0.1) is 0 Å². The topological polar surface area (TPSA) is 52.1 Å². The second kappa shape index (κ2) is 6.61. The molecule has 5 aromatic rings. The van der Waals surface area contributed by atoms with Crippen LogP contribution in [0.2, 0.25) is 0 Å². The largest absolute Gasteiger partial charge is 0.425 e. The van der Waals surface area contributed by atoms with E-state index in [-0.39, 0.29) is 18.3 Å². The normalized spacial score (nSPS) is 15.9. The zero-order valence-corrected chi connectivity index (χ0v) is 17.3. The number of esters is 1. The molecule has 0 spiro atoms. The number of hydrogen-bond acceptors (Lipinski definition) is 4. The van der Waals surface area contributed by atoms with E-state index < -0.39 is 0 Å². The van der Waals surface area contributed by atoms with Crippen molar-refractivity contribution in [2.45, 2.75) is 26.2 Å². The van der Waals surface area contributed by atoms with Crippen LogP contribution in [0.15, 0.2) is 66.7 Å². The Kier molecular flexibility index (Phi) is 3.84. The molecule has 0 bridgehead atoms. The van der Waals surface area contributed by atoms with Crippen molar-refractivity contribution in [3.63, 3.8) is 0 Å². The number of ether oxygens (including phenoxy) is 1. The summed E-state index contributed by atoms with van der Waals surface area (Å²) < 4.78 is 5.85. The summed E-state index contributed by atoms with van der Waals surface area (Å²) in [5.74, 6) is 0.277. The van der Waals surface area contributed by atoms with Gasteiger partial charge in [0, 0.05) is 22.3 Å². The molecule has 0 amide bonds. The monoisotopic (exact) mass is 404 g/mol. The van der Waals surface area contributed by atoms with Crippen LogP contribution in [-0.4, -0.2) is 15.9 Å². The zero-order valence-electron chi connectivity index (χ0n) is 17.3. The molecule has 4 heteroatoms. The number of aryl methyl sites for hydroxylation is 2. The van der Waals surface area contributed by atoms with Gasteiger partial charge >= 0.3 is 5.97 Å². The predicted molar refractivity (Wildman–Crippen MR) is 123 cm³/mol. The van der Waals surface area contributed by atoms with Gasteiger partial charge in [-0.2, -0.15) is 0 Å². The molecule has 0 saturated carbocycles. The highest BCUT2D eigenvalue weighted by Crippen LogP contribution is 2.47. The van der Waals surface area contributed by atoms with E-state index in [4.69, 9.17) is 14.7 Å². The molecular formula is C27H20N2O2. The molecule has 0 aliphatic carbocycles. The minimum absolute atomic E-state index is 0.124. The van der Waals surface area contributed by atoms with Gasteiger partial charge in [-0.25, -0.2) is 9.97 Å². The number of rotatable bonds is 1. The van der Waals surface area contributed by atoms with Gasteiger partial charge in [0.25, 0.3) is 0 Å². The van der Waals surface area contributed by atoms with Crippen molar-refractivity contribution in [2.75, 3.05) is 0 Å². The third-order valence-corrected chi connectivity index (χ3v) is 6.16. The average molecular weight is 404 g/mol. The van der Waals surface area contributed by atoms with Gasteiger partial charge in [-0.05, 0) is 37.1 Å². The first kappa shape index (κ1) is 18.0. The van der Waals surface area contributed by atoms with Crippen LogP contribution in [0.5, 0.6) is 5.75 Å². The van der Waals surface area contributed by atoms with E-state index in [1.807, 2.05) is 36.4 Å². The molecule has 1 unspecified atom stereocenters. The lowest BCUT2D eigenvalue weighted by molar-refractivity contribution is -0.135. The summed E-state index contributed by atoms with van der Waals surface area (Å²) in [5, 5.41) is 1.85. The van der Waals surface area contributed by atoms with Crippen molar-refractivity contribution < 1.29 is 9.53 Å². The fourth-order valence-electron chi connectivity index (χ4n) is 4.62. The first-order valence-electron chi connectivity index (χ1n) is 10.5. The maximum Gasteiger partial charge on any atom is 0.312 e. The number of aromatic nitrogens is 2. The first-order chi connectivity index (χ1) is 15.1. The Morgan fingerprint density at radius 3 is 2.32 bits per heavy atom. The lowest BCUT2D eigenvalue weighted by atomic mass is 9.83. The Labute approximate surface area is 179 Å². The summed E-state index contributed by atoms with van der Waals surface area (Å²) in [5.41, 5.74) is 7.75. The third kappa shape index (κ3) is 2.79. The summed E-state index contributed by atoms with van der Waals surface area (Å²) in [7, 11) is 0. The van der Waals surface area contributed by atoms with E-state index in [2.05, 4.69) is 44.2 Å². The average Bonchev–Trinajstić information content (AvgIpc) is 2.78. The molecule has 1 aromatic heterocycles. The highest BCUT2D eigenvalue weighted by molar-refractivity contribution is 6.12. The molecule has 31 heavy (non-hydrogen) atoms. The van der Waals surface area contributed by atoms with Crippen molar-refractivity contribution in [1.82, 2.24) is 9.97 Å². The van der Waals surface area contributed by atoms with Gasteiger partial charge in [0.05, 0.1) is 28.5 Å². The van der Waals surface area contributed by atoms with Crippen LogP contribution in [-0.2, 0) is 4.79 Å². The Bertz CT molecular complexity index is 1520. The first-order valence-corrected chi connectivity index (χ1v) is 10.5. The van der Waals surface area contributed by atoms with E-state index in [1.165, 1.54) is 5.56 Å². The Hall–Kier alpha value is -3.79. The lowest BCUT2D eigenvalue weighted by Gasteiger charge is -2.27. The Balaban J connectivity index is 1.77. The quantitative estimate of drug-likeness (QED) is 0.149. The minimum Gasteiger partial charge on any atom is -0.425 e. The second-order valence-corrected chi connectivity index (χ2v) is 8.34. The number of benzene rings is 4. The molecule has 1 atom stereocenters. The van der Waals surface area contributed by atoms with Crippen LogP contribution >= 0.6 is 0 Å². The van der Waals surface area contributed by atoms with Gasteiger partial charge < -0.3 is 4.74 Å². The van der Waals surface area contributed by atoms with Crippen LogP contribution in [0.4, 0.5) is 0 Å². The van der Waals surface area contributed by atoms with Crippen molar-refractivity contribution >= 4 is 38.8 Å². The van der Waals surface area contributed by atoms with Crippen molar-refractivity contribution in [1.29, 1.82) is 0 Å². The SMILES string of the molecule is Cc1ccc(C2CC(=O)Oc3c2c2nc4ccc(C)cc4nc2c2ccccc32)cc1. The fraction of sp³-hybridized carbons (Fsp3) is 0.148. The van der Waals surface area contributed by atoms with Gasteiger partial charge in [-0.3, -0.25) is 4.79 Å². The molecule has 150 valence electrons. The molecular weight excluding hydrogens is 384 g/mol. The van der Waals surface area contributed by atoms with Gasteiger partial charge in [0.1, 0.15) is 5.75 Å². The highest BCUT2D eigenvalue weighted by atomic mass is 16.5. The van der Waals surface area contributed by atoms with E-state index in [1.54, 1.807) is 0 Å². The molecule has 0 saturated heterocycles. The lowest BCUT2D eigenvalue weighted by Crippen LogP contribution is -2.22.